The number of amides is 1. The van der Waals surface area contributed by atoms with Crippen molar-refractivity contribution in [1.29, 1.82) is 0 Å². The lowest BCUT2D eigenvalue weighted by atomic mass is 10.3. The minimum Gasteiger partial charge on any atom is -0.469 e. The van der Waals surface area contributed by atoms with Crippen LogP contribution in [0.4, 0.5) is 0 Å². The fraction of sp³-hybridized carbons (Fsp3) is 0.500. The van der Waals surface area contributed by atoms with Crippen LogP contribution in [0.5, 0.6) is 0 Å². The van der Waals surface area contributed by atoms with E-state index in [1.807, 2.05) is 27.7 Å². The molecular weight excluding hydrogens is 290 g/mol. The van der Waals surface area contributed by atoms with E-state index in [2.05, 4.69) is 10.2 Å². The van der Waals surface area contributed by atoms with Crippen molar-refractivity contribution in [3.8, 4) is 11.5 Å². The molecule has 1 unspecified atom stereocenters. The van der Waals surface area contributed by atoms with Crippen molar-refractivity contribution in [3.05, 3.63) is 18.1 Å². The van der Waals surface area contributed by atoms with Crippen molar-refractivity contribution in [2.75, 3.05) is 13.1 Å². The zero-order valence-corrected chi connectivity index (χ0v) is 13.4. The first-order valence-electron chi connectivity index (χ1n) is 6.90. The van der Waals surface area contributed by atoms with Gasteiger partial charge in [-0.3, -0.25) is 4.79 Å². The third kappa shape index (κ3) is 3.47. The molecule has 2 heterocycles. The van der Waals surface area contributed by atoms with Gasteiger partial charge in [-0.05, 0) is 33.8 Å². The van der Waals surface area contributed by atoms with E-state index in [0.29, 0.717) is 24.2 Å². The highest BCUT2D eigenvalue weighted by atomic mass is 32.2. The van der Waals surface area contributed by atoms with Gasteiger partial charge in [0.25, 0.3) is 11.1 Å². The summed E-state index contributed by atoms with van der Waals surface area (Å²) in [5, 5.41) is 8.10. The van der Waals surface area contributed by atoms with Crippen LogP contribution in [0.3, 0.4) is 0 Å². The summed E-state index contributed by atoms with van der Waals surface area (Å²) in [5.74, 6) is 1.21. The number of nitrogens with zero attached hydrogens (tertiary/aromatic N) is 3. The maximum absolute atomic E-state index is 12.2. The highest BCUT2D eigenvalue weighted by Gasteiger charge is 2.22. The Morgan fingerprint density at radius 3 is 2.67 bits per heavy atom. The number of hydrogen-bond donors (Lipinski definition) is 0. The molecule has 7 heteroatoms. The van der Waals surface area contributed by atoms with Gasteiger partial charge in [0.05, 0.1) is 17.1 Å². The van der Waals surface area contributed by atoms with Gasteiger partial charge in [0, 0.05) is 13.1 Å². The van der Waals surface area contributed by atoms with Crippen molar-refractivity contribution in [3.63, 3.8) is 0 Å². The molecule has 0 fully saturated rings. The van der Waals surface area contributed by atoms with E-state index in [9.17, 15) is 4.79 Å². The molecule has 0 aliphatic rings. The van der Waals surface area contributed by atoms with Crippen molar-refractivity contribution in [2.45, 2.75) is 38.2 Å². The smallest absolute Gasteiger partial charge is 0.277 e. The van der Waals surface area contributed by atoms with Crippen LogP contribution >= 0.6 is 11.8 Å². The molecule has 2 aromatic heterocycles. The predicted molar refractivity (Wildman–Crippen MR) is 80.0 cm³/mol. The Morgan fingerprint density at radius 2 is 2.10 bits per heavy atom. The molecule has 2 aromatic rings. The Hall–Kier alpha value is -1.76. The predicted octanol–water partition coefficient (Wildman–Crippen LogP) is 2.99. The topological polar surface area (TPSA) is 72.4 Å². The van der Waals surface area contributed by atoms with Gasteiger partial charge in [-0.2, -0.15) is 0 Å². The molecule has 0 saturated carbocycles. The van der Waals surface area contributed by atoms with Crippen LogP contribution < -0.4 is 0 Å². The van der Waals surface area contributed by atoms with Crippen molar-refractivity contribution < 1.29 is 13.6 Å². The molecule has 1 amide bonds. The van der Waals surface area contributed by atoms with E-state index in [1.165, 1.54) is 11.8 Å². The lowest BCUT2D eigenvalue weighted by molar-refractivity contribution is -0.129. The third-order valence-corrected chi connectivity index (χ3v) is 4.12. The molecule has 0 N–H and O–H groups in total. The number of hydrogen-bond acceptors (Lipinski definition) is 6. The summed E-state index contributed by atoms with van der Waals surface area (Å²) < 4.78 is 10.8. The van der Waals surface area contributed by atoms with E-state index in [-0.39, 0.29) is 11.2 Å². The minimum absolute atomic E-state index is 0.0734. The molecule has 0 spiro atoms. The molecule has 0 radical (unpaired) electrons. The van der Waals surface area contributed by atoms with Crippen LogP contribution in [-0.4, -0.2) is 39.3 Å². The zero-order valence-electron chi connectivity index (χ0n) is 12.6. The summed E-state index contributed by atoms with van der Waals surface area (Å²) in [7, 11) is 0. The highest BCUT2D eigenvalue weighted by molar-refractivity contribution is 8.00. The second-order valence-electron chi connectivity index (χ2n) is 4.53. The fourth-order valence-corrected chi connectivity index (χ4v) is 2.73. The molecule has 114 valence electrons. The summed E-state index contributed by atoms with van der Waals surface area (Å²) in [6, 6.07) is 1.78. The van der Waals surface area contributed by atoms with E-state index in [0.717, 1.165) is 11.3 Å². The normalized spacial score (nSPS) is 12.4. The molecule has 21 heavy (non-hydrogen) atoms. The van der Waals surface area contributed by atoms with Crippen LogP contribution in [0, 0.1) is 6.92 Å². The maximum atomic E-state index is 12.2. The number of carbonyl (C=O) groups excluding carboxylic acids is 1. The summed E-state index contributed by atoms with van der Waals surface area (Å²) in [6.07, 6.45) is 1.58. The summed E-state index contributed by atoms with van der Waals surface area (Å²) >= 11 is 1.27. The van der Waals surface area contributed by atoms with E-state index in [4.69, 9.17) is 8.83 Å². The lowest BCUT2D eigenvalue weighted by Crippen LogP contribution is -2.36. The van der Waals surface area contributed by atoms with Gasteiger partial charge in [-0.15, -0.1) is 10.2 Å². The monoisotopic (exact) mass is 309 g/mol. The lowest BCUT2D eigenvalue weighted by Gasteiger charge is -2.21. The van der Waals surface area contributed by atoms with Gasteiger partial charge in [-0.1, -0.05) is 11.8 Å². The minimum atomic E-state index is -0.261. The summed E-state index contributed by atoms with van der Waals surface area (Å²) in [5.41, 5.74) is 0.775. The largest absolute Gasteiger partial charge is 0.469 e. The van der Waals surface area contributed by atoms with Crippen molar-refractivity contribution >= 4 is 17.7 Å². The van der Waals surface area contributed by atoms with E-state index < -0.39 is 0 Å². The summed E-state index contributed by atoms with van der Waals surface area (Å²) in [6.45, 7) is 9.00. The SMILES string of the molecule is CCN(CC)C(=O)C(C)Sc1nnc(-c2ccoc2C)o1. The van der Waals surface area contributed by atoms with Crippen molar-refractivity contribution in [1.82, 2.24) is 15.1 Å². The van der Waals surface area contributed by atoms with E-state index >= 15 is 0 Å². The molecule has 0 aromatic carbocycles. The van der Waals surface area contributed by atoms with Crippen LogP contribution in [0.1, 0.15) is 26.5 Å². The van der Waals surface area contributed by atoms with Gasteiger partial charge in [0.15, 0.2) is 0 Å². The number of aryl methyl sites for hydroxylation is 1. The number of rotatable bonds is 6. The molecular formula is C14H19N3O3S. The molecule has 1 atom stereocenters. The van der Waals surface area contributed by atoms with Gasteiger partial charge in [0.2, 0.25) is 5.91 Å². The molecule has 0 saturated heterocycles. The maximum Gasteiger partial charge on any atom is 0.277 e. The third-order valence-electron chi connectivity index (χ3n) is 3.20. The standard InChI is InChI=1S/C14H19N3O3S/c1-5-17(6-2)13(18)10(4)21-14-16-15-12(20-14)11-7-8-19-9(11)3/h7-8,10H,5-6H2,1-4H3. The number of aromatic nitrogens is 2. The second kappa shape index (κ2) is 6.80. The molecule has 6 nitrogen and oxygen atoms in total. The Balaban J connectivity index is 2.06. The molecule has 0 bridgehead atoms. The number of thioether (sulfide) groups is 1. The van der Waals surface area contributed by atoms with Crippen LogP contribution in [0.25, 0.3) is 11.5 Å². The first kappa shape index (κ1) is 15.6. The average molecular weight is 309 g/mol. The van der Waals surface area contributed by atoms with Gasteiger partial charge >= 0.3 is 0 Å². The Bertz CT molecular complexity index is 604. The zero-order chi connectivity index (χ0) is 15.4. The number of carbonyl (C=O) groups is 1. The van der Waals surface area contributed by atoms with Crippen LogP contribution in [0.2, 0.25) is 0 Å². The average Bonchev–Trinajstić information content (AvgIpc) is 3.08. The first-order valence-corrected chi connectivity index (χ1v) is 7.78. The van der Waals surface area contributed by atoms with Gasteiger partial charge < -0.3 is 13.7 Å². The molecule has 0 aliphatic heterocycles. The Kier molecular flexibility index (Phi) is 5.06. The Morgan fingerprint density at radius 1 is 1.38 bits per heavy atom. The quantitative estimate of drug-likeness (QED) is 0.764. The van der Waals surface area contributed by atoms with Crippen LogP contribution in [0.15, 0.2) is 26.4 Å². The Labute approximate surface area is 127 Å². The van der Waals surface area contributed by atoms with Gasteiger partial charge in [0.1, 0.15) is 5.76 Å². The van der Waals surface area contributed by atoms with Gasteiger partial charge in [-0.25, -0.2) is 0 Å². The van der Waals surface area contributed by atoms with Crippen LogP contribution in [-0.2, 0) is 4.79 Å². The fourth-order valence-electron chi connectivity index (χ4n) is 1.97. The number of furan rings is 1. The molecule has 0 aliphatic carbocycles. The first-order chi connectivity index (χ1) is 10.1. The second-order valence-corrected chi connectivity index (χ2v) is 5.83. The summed E-state index contributed by atoms with van der Waals surface area (Å²) in [4.78, 5) is 14.0. The highest BCUT2D eigenvalue weighted by Crippen LogP contribution is 2.28. The van der Waals surface area contributed by atoms with E-state index in [1.54, 1.807) is 17.2 Å². The van der Waals surface area contributed by atoms with Crippen molar-refractivity contribution in [2.24, 2.45) is 0 Å². The molecule has 2 rings (SSSR count).